The van der Waals surface area contributed by atoms with E-state index in [9.17, 15) is 5.26 Å². The molecule has 3 fully saturated rings. The Morgan fingerprint density at radius 3 is 2.60 bits per heavy atom. The summed E-state index contributed by atoms with van der Waals surface area (Å²) in [6, 6.07) is 2.28. The molecule has 0 aliphatic carbocycles. The van der Waals surface area contributed by atoms with E-state index in [0.29, 0.717) is 59.8 Å². The van der Waals surface area contributed by atoms with Crippen molar-refractivity contribution in [1.82, 2.24) is 29.7 Å². The van der Waals surface area contributed by atoms with Gasteiger partial charge in [-0.05, 0) is 77.6 Å². The number of rotatable bonds is 8. The number of alkyl halides is 1. The number of pyridine rings is 2. The summed E-state index contributed by atoms with van der Waals surface area (Å²) in [4.78, 5) is 26.0. The van der Waals surface area contributed by atoms with E-state index in [1.807, 2.05) is 27.0 Å². The van der Waals surface area contributed by atoms with E-state index >= 15 is 4.39 Å². The first-order valence-electron chi connectivity index (χ1n) is 15.2. The Morgan fingerprint density at radius 2 is 1.95 bits per heavy atom. The van der Waals surface area contributed by atoms with Crippen molar-refractivity contribution in [3.8, 4) is 23.6 Å². The number of likely N-dealkylation sites (tertiary alicyclic amines) is 1. The predicted octanol–water partition coefficient (Wildman–Crippen LogP) is 4.76. The maximum Gasteiger partial charge on any atom is 0.319 e. The molecule has 3 aliphatic heterocycles. The van der Waals surface area contributed by atoms with Gasteiger partial charge in [-0.3, -0.25) is 9.88 Å². The molecule has 3 aromatic rings. The summed E-state index contributed by atoms with van der Waals surface area (Å²) < 4.78 is 22.1. The first kappa shape index (κ1) is 29.7. The summed E-state index contributed by atoms with van der Waals surface area (Å²) in [7, 11) is 6.11. The fourth-order valence-electron chi connectivity index (χ4n) is 7.32. The van der Waals surface area contributed by atoms with Crippen LogP contribution >= 0.6 is 9.24 Å². The summed E-state index contributed by atoms with van der Waals surface area (Å²) in [5.74, 6) is 1.35. The lowest BCUT2D eigenvalue weighted by Crippen LogP contribution is -2.43. The summed E-state index contributed by atoms with van der Waals surface area (Å²) in [5.41, 5.74) is 3.83. The molecule has 6 rings (SSSR count). The number of nitrogens with zero attached hydrogens (tertiary/aromatic N) is 8. The second-order valence-corrected chi connectivity index (χ2v) is 13.6. The Morgan fingerprint density at radius 1 is 1.21 bits per heavy atom. The number of anilines is 2. The molecule has 6 heterocycles. The molecule has 0 radical (unpaired) electrons. The van der Waals surface area contributed by atoms with Gasteiger partial charge in [0.2, 0.25) is 0 Å². The number of halogens is 1. The highest BCUT2D eigenvalue weighted by Crippen LogP contribution is 2.43. The first-order chi connectivity index (χ1) is 20.5. The van der Waals surface area contributed by atoms with Crippen molar-refractivity contribution in [1.29, 1.82) is 5.26 Å². The topological polar surface area (TPSA) is 106 Å². The lowest BCUT2D eigenvalue weighted by atomic mass is 9.95. The molecule has 1 N–H and O–H groups in total. The molecule has 0 spiro atoms. The number of likely N-dealkylation sites (N-methyl/N-ethyl adjacent to an activating group) is 1. The molecule has 3 atom stereocenters. The molecule has 10 nitrogen and oxygen atoms in total. The van der Waals surface area contributed by atoms with Crippen molar-refractivity contribution in [3.63, 3.8) is 0 Å². The number of hydrogen-bond donors (Lipinski definition) is 1. The minimum atomic E-state index is -1.71. The fourth-order valence-corrected chi connectivity index (χ4v) is 7.69. The molecule has 43 heavy (non-hydrogen) atoms. The molecular formula is C31H41FN9OP. The zero-order valence-electron chi connectivity index (χ0n) is 25.7. The van der Waals surface area contributed by atoms with Crippen LogP contribution in [-0.4, -0.2) is 88.2 Å². The predicted molar refractivity (Wildman–Crippen MR) is 170 cm³/mol. The third-order valence-corrected chi connectivity index (χ3v) is 9.88. The molecule has 3 saturated heterocycles. The van der Waals surface area contributed by atoms with Gasteiger partial charge in [0.1, 0.15) is 23.7 Å². The number of hydrogen-bond acceptors (Lipinski definition) is 10. The van der Waals surface area contributed by atoms with E-state index in [4.69, 9.17) is 24.7 Å². The van der Waals surface area contributed by atoms with E-state index in [1.54, 1.807) is 18.1 Å². The van der Waals surface area contributed by atoms with Gasteiger partial charge < -0.3 is 19.9 Å². The number of nitrogens with one attached hydrogen (secondary N) is 1. The maximum atomic E-state index is 15.6. The van der Waals surface area contributed by atoms with Gasteiger partial charge in [0.25, 0.3) is 0 Å². The van der Waals surface area contributed by atoms with Crippen LogP contribution in [0.1, 0.15) is 55.7 Å². The molecule has 0 saturated carbocycles. The number of aromatic nitrogens is 4. The fraction of sp³-hybridized carbons (Fsp3) is 0.581. The van der Waals surface area contributed by atoms with E-state index in [0.717, 1.165) is 48.9 Å². The molecule has 228 valence electrons. The number of nitriles is 1. The lowest BCUT2D eigenvalue weighted by molar-refractivity contribution is 0.108. The molecular weight excluding hydrogens is 564 g/mol. The molecule has 3 unspecified atom stereocenters. The lowest BCUT2D eigenvalue weighted by Gasteiger charge is -2.31. The van der Waals surface area contributed by atoms with Crippen LogP contribution in [0, 0.1) is 25.3 Å². The highest BCUT2D eigenvalue weighted by molar-refractivity contribution is 7.18. The van der Waals surface area contributed by atoms with Gasteiger partial charge >= 0.3 is 6.01 Å². The van der Waals surface area contributed by atoms with Crippen molar-refractivity contribution in [2.45, 2.75) is 69.9 Å². The minimum absolute atomic E-state index is 0.0515. The van der Waals surface area contributed by atoms with E-state index in [2.05, 4.69) is 30.5 Å². The van der Waals surface area contributed by atoms with Crippen LogP contribution in [0.25, 0.3) is 22.3 Å². The van der Waals surface area contributed by atoms with Crippen LogP contribution in [0.4, 0.5) is 16.0 Å². The van der Waals surface area contributed by atoms with Crippen LogP contribution in [0.3, 0.4) is 0 Å². The molecule has 3 aliphatic rings. The van der Waals surface area contributed by atoms with Crippen LogP contribution in [0.15, 0.2) is 12.3 Å². The van der Waals surface area contributed by atoms with Crippen LogP contribution in [0.5, 0.6) is 6.01 Å². The highest BCUT2D eigenvalue weighted by Gasteiger charge is 2.45. The number of fused-ring (bicyclic) bond motifs is 2. The Bertz CT molecular complexity index is 1580. The summed E-state index contributed by atoms with van der Waals surface area (Å²) in [5, 5.41) is 11.6. The second-order valence-electron chi connectivity index (χ2n) is 12.5. The number of ether oxygens (including phenoxy) is 1. The van der Waals surface area contributed by atoms with Gasteiger partial charge in [0.15, 0.2) is 6.19 Å². The largest absolute Gasteiger partial charge is 0.461 e. The SMILES string of the molecule is CNc1cc(C)c(C(C)(F)P)c(-c2ncc3c(N(C)C4CCN(C#N)C4)nc(OCC45CCCN4CCC5)nc3c2C)n1. The Labute approximate surface area is 255 Å². The van der Waals surface area contributed by atoms with Gasteiger partial charge in [-0.25, -0.2) is 9.37 Å². The smallest absolute Gasteiger partial charge is 0.319 e. The summed E-state index contributed by atoms with van der Waals surface area (Å²) in [6.07, 6.45) is 9.51. The monoisotopic (exact) mass is 605 g/mol. The molecule has 0 bridgehead atoms. The average molecular weight is 606 g/mol. The van der Waals surface area contributed by atoms with Crippen molar-refractivity contribution >= 4 is 31.8 Å². The minimum Gasteiger partial charge on any atom is -0.461 e. The van der Waals surface area contributed by atoms with E-state index in [1.165, 1.54) is 19.8 Å². The van der Waals surface area contributed by atoms with E-state index in [-0.39, 0.29) is 11.6 Å². The van der Waals surface area contributed by atoms with E-state index < -0.39 is 5.41 Å². The Hall–Kier alpha value is -3.35. The number of aryl methyl sites for hydroxylation is 2. The van der Waals surface area contributed by atoms with Crippen LogP contribution in [-0.2, 0) is 5.41 Å². The summed E-state index contributed by atoms with van der Waals surface area (Å²) >= 11 is 0. The standard InChI is InChI=1S/C31H41FN9OP/c1-19-14-23(34-4)36-27(24(19)30(3,32)43)26-20(2)25-22(15-35-26)28(39(5)21-8-13-40(16-21)18-33)38-29(37-25)42-17-31-9-6-11-41(31)12-7-10-31/h14-15,21H,6-13,16-17,43H2,1-5H3,(H,34,36). The molecule has 0 amide bonds. The van der Waals surface area contributed by atoms with Crippen LogP contribution < -0.4 is 15.0 Å². The Kier molecular flexibility index (Phi) is 7.80. The van der Waals surface area contributed by atoms with Gasteiger partial charge in [-0.1, -0.05) is 9.24 Å². The van der Waals surface area contributed by atoms with Crippen molar-refractivity contribution in [3.05, 3.63) is 29.0 Å². The van der Waals surface area contributed by atoms with Gasteiger partial charge in [0.05, 0.1) is 33.9 Å². The molecule has 0 aromatic carbocycles. The zero-order chi connectivity index (χ0) is 30.5. The van der Waals surface area contributed by atoms with Crippen molar-refractivity contribution in [2.75, 3.05) is 57.1 Å². The van der Waals surface area contributed by atoms with Crippen molar-refractivity contribution < 1.29 is 9.13 Å². The van der Waals surface area contributed by atoms with Gasteiger partial charge in [-0.15, -0.1) is 0 Å². The van der Waals surface area contributed by atoms with Crippen LogP contribution in [0.2, 0.25) is 0 Å². The average Bonchev–Trinajstić information content (AvgIpc) is 3.71. The third kappa shape index (κ3) is 5.33. The van der Waals surface area contributed by atoms with Gasteiger partial charge in [0, 0.05) is 44.5 Å². The van der Waals surface area contributed by atoms with Gasteiger partial charge in [-0.2, -0.15) is 15.2 Å². The molecule has 12 heteroatoms. The van der Waals surface area contributed by atoms with Crippen molar-refractivity contribution in [2.24, 2.45) is 0 Å². The maximum absolute atomic E-state index is 15.6. The quantitative estimate of drug-likeness (QED) is 0.285. The third-order valence-electron chi connectivity index (χ3n) is 9.59. The molecule has 3 aromatic heterocycles. The normalized spacial score (nSPS) is 21.1. The second kappa shape index (κ2) is 11.3. The first-order valence-corrected chi connectivity index (χ1v) is 15.7. The Balaban J connectivity index is 1.48. The summed E-state index contributed by atoms with van der Waals surface area (Å²) in [6.45, 7) is 9.48. The highest BCUT2D eigenvalue weighted by atomic mass is 31.0. The zero-order valence-corrected chi connectivity index (χ0v) is 26.9.